The number of aromatic nitrogens is 3. The lowest BCUT2D eigenvalue weighted by molar-refractivity contribution is 0.262. The van der Waals surface area contributed by atoms with Crippen LogP contribution >= 0.6 is 0 Å². The van der Waals surface area contributed by atoms with Crippen LogP contribution in [0.15, 0.2) is 85.3 Å². The van der Waals surface area contributed by atoms with Gasteiger partial charge in [-0.2, -0.15) is 5.10 Å². The molecule has 3 N–H and O–H groups in total. The van der Waals surface area contributed by atoms with Gasteiger partial charge < -0.3 is 15.2 Å². The van der Waals surface area contributed by atoms with Crippen LogP contribution in [-0.2, 0) is 6.42 Å². The molecule has 0 atom stereocenters. The van der Waals surface area contributed by atoms with Crippen molar-refractivity contribution in [3.63, 3.8) is 0 Å². The molecule has 2 aromatic carbocycles. The highest BCUT2D eigenvalue weighted by molar-refractivity contribution is 5.99. The molecule has 0 bridgehead atoms. The average molecular weight is 415 g/mol. The summed E-state index contributed by atoms with van der Waals surface area (Å²) in [7, 11) is 0. The van der Waals surface area contributed by atoms with Crippen molar-refractivity contribution in [2.75, 3.05) is 17.2 Å². The monoisotopic (exact) mass is 415 g/mol. The number of rotatable bonds is 7. The van der Waals surface area contributed by atoms with Crippen LogP contribution < -0.4 is 15.4 Å². The molecule has 0 aliphatic rings. The number of nitrogens with one attached hydrogen (secondary N) is 2. The number of anilines is 2. The van der Waals surface area contributed by atoms with E-state index in [9.17, 15) is 4.79 Å². The number of nitrogens with zero attached hydrogens (tertiary/aromatic N) is 3. The third-order valence-corrected chi connectivity index (χ3v) is 4.46. The fourth-order valence-corrected chi connectivity index (χ4v) is 2.96. The van der Waals surface area contributed by atoms with Crippen molar-refractivity contribution in [3.05, 3.63) is 90.9 Å². The molecule has 0 unspecified atom stereocenters. The fraction of sp³-hybridized carbons (Fsp3) is 0.0870. The van der Waals surface area contributed by atoms with E-state index >= 15 is 0 Å². The lowest BCUT2D eigenvalue weighted by Crippen LogP contribution is -2.21. The van der Waals surface area contributed by atoms with Crippen molar-refractivity contribution < 1.29 is 14.6 Å². The van der Waals surface area contributed by atoms with Gasteiger partial charge in [0.05, 0.1) is 11.9 Å². The van der Waals surface area contributed by atoms with E-state index < -0.39 is 0 Å². The number of benzene rings is 2. The molecule has 0 aliphatic heterocycles. The number of ether oxygens (including phenoxy) is 1. The molecule has 156 valence electrons. The van der Waals surface area contributed by atoms with Gasteiger partial charge in [-0.3, -0.25) is 10.3 Å². The summed E-state index contributed by atoms with van der Waals surface area (Å²) < 4.78 is 7.35. The van der Waals surface area contributed by atoms with Gasteiger partial charge in [-0.25, -0.2) is 9.48 Å². The Bertz CT molecular complexity index is 1130. The van der Waals surface area contributed by atoms with Gasteiger partial charge in [-0.05, 0) is 60.5 Å². The van der Waals surface area contributed by atoms with Crippen LogP contribution in [0.4, 0.5) is 16.3 Å². The van der Waals surface area contributed by atoms with Gasteiger partial charge in [-0.15, -0.1) is 0 Å². The third kappa shape index (κ3) is 5.26. The molecular weight excluding hydrogens is 394 g/mol. The fourth-order valence-electron chi connectivity index (χ4n) is 2.96. The molecule has 4 rings (SSSR count). The maximum Gasteiger partial charge on any atom is 0.324 e. The molecule has 0 aliphatic carbocycles. The minimum Gasteiger partial charge on any atom is -0.457 e. The molecule has 0 saturated heterocycles. The molecule has 31 heavy (non-hydrogen) atoms. The number of hydrogen-bond acceptors (Lipinski definition) is 5. The first-order valence-corrected chi connectivity index (χ1v) is 9.71. The van der Waals surface area contributed by atoms with Crippen LogP contribution in [0.3, 0.4) is 0 Å². The van der Waals surface area contributed by atoms with E-state index in [2.05, 4.69) is 20.7 Å². The number of hydrogen-bond donors (Lipinski definition) is 3. The second-order valence-corrected chi connectivity index (χ2v) is 6.66. The Morgan fingerprint density at radius 3 is 2.29 bits per heavy atom. The standard InChI is InChI=1S/C23H21N5O3/c29-16-12-17-1-5-19(6-2-17)28-22(11-15-25-28)27-23(30)26-18-3-7-20(8-4-18)31-21-9-13-24-14-10-21/h1-11,13-15,29H,12,16H2,(H2,26,27,30). The minimum atomic E-state index is -0.388. The van der Waals surface area contributed by atoms with Crippen molar-refractivity contribution in [1.82, 2.24) is 14.8 Å². The Balaban J connectivity index is 1.38. The van der Waals surface area contributed by atoms with E-state index in [0.717, 1.165) is 11.3 Å². The van der Waals surface area contributed by atoms with E-state index in [4.69, 9.17) is 9.84 Å². The Labute approximate surface area is 179 Å². The molecule has 8 heteroatoms. The number of urea groups is 1. The van der Waals surface area contributed by atoms with Gasteiger partial charge >= 0.3 is 6.03 Å². The summed E-state index contributed by atoms with van der Waals surface area (Å²) >= 11 is 0. The highest BCUT2D eigenvalue weighted by Gasteiger charge is 2.09. The molecule has 2 heterocycles. The number of aliphatic hydroxyl groups is 1. The molecule has 0 saturated carbocycles. The molecule has 0 fully saturated rings. The molecular formula is C23H21N5O3. The molecule has 2 aromatic heterocycles. The average Bonchev–Trinajstić information content (AvgIpc) is 3.24. The largest absolute Gasteiger partial charge is 0.457 e. The lowest BCUT2D eigenvalue weighted by atomic mass is 10.1. The lowest BCUT2D eigenvalue weighted by Gasteiger charge is -2.11. The van der Waals surface area contributed by atoms with Gasteiger partial charge in [0, 0.05) is 30.8 Å². The van der Waals surface area contributed by atoms with Gasteiger partial charge in [0.25, 0.3) is 0 Å². The molecule has 0 spiro atoms. The first-order chi connectivity index (χ1) is 15.2. The first kappa shape index (κ1) is 20.1. The predicted octanol–water partition coefficient (Wildman–Crippen LogP) is 4.24. The van der Waals surface area contributed by atoms with Crippen LogP contribution in [0.25, 0.3) is 5.69 Å². The number of aliphatic hydroxyl groups excluding tert-OH is 1. The molecule has 2 amide bonds. The van der Waals surface area contributed by atoms with Gasteiger partial charge in [0.15, 0.2) is 0 Å². The van der Waals surface area contributed by atoms with E-state index in [0.29, 0.717) is 29.4 Å². The van der Waals surface area contributed by atoms with Crippen molar-refractivity contribution in [1.29, 1.82) is 0 Å². The van der Waals surface area contributed by atoms with Crippen molar-refractivity contribution in [2.45, 2.75) is 6.42 Å². The van der Waals surface area contributed by atoms with Gasteiger partial charge in [0.1, 0.15) is 17.3 Å². The number of amides is 2. The molecule has 0 radical (unpaired) electrons. The zero-order valence-corrected chi connectivity index (χ0v) is 16.6. The van der Waals surface area contributed by atoms with Crippen LogP contribution in [0.1, 0.15) is 5.56 Å². The van der Waals surface area contributed by atoms with Gasteiger partial charge in [0.2, 0.25) is 0 Å². The Morgan fingerprint density at radius 1 is 0.871 bits per heavy atom. The minimum absolute atomic E-state index is 0.102. The van der Waals surface area contributed by atoms with E-state index in [-0.39, 0.29) is 12.6 Å². The van der Waals surface area contributed by atoms with Gasteiger partial charge in [-0.1, -0.05) is 12.1 Å². The molecule has 8 nitrogen and oxygen atoms in total. The van der Waals surface area contributed by atoms with Crippen LogP contribution in [0.5, 0.6) is 11.5 Å². The summed E-state index contributed by atoms with van der Waals surface area (Å²) in [5, 5.41) is 18.9. The normalized spacial score (nSPS) is 10.5. The predicted molar refractivity (Wildman–Crippen MR) is 118 cm³/mol. The van der Waals surface area contributed by atoms with Crippen molar-refractivity contribution in [2.24, 2.45) is 0 Å². The zero-order valence-electron chi connectivity index (χ0n) is 16.6. The van der Waals surface area contributed by atoms with Crippen molar-refractivity contribution in [3.8, 4) is 17.2 Å². The number of carbonyl (C=O) groups is 1. The maximum atomic E-state index is 12.4. The summed E-state index contributed by atoms with van der Waals surface area (Å²) in [5.41, 5.74) is 2.46. The molecule has 4 aromatic rings. The maximum absolute atomic E-state index is 12.4. The zero-order chi connectivity index (χ0) is 21.5. The third-order valence-electron chi connectivity index (χ3n) is 4.46. The van der Waals surface area contributed by atoms with Crippen LogP contribution in [0, 0.1) is 0 Å². The van der Waals surface area contributed by atoms with E-state index in [1.54, 1.807) is 65.7 Å². The van der Waals surface area contributed by atoms with Crippen LogP contribution in [0.2, 0.25) is 0 Å². The Morgan fingerprint density at radius 2 is 1.58 bits per heavy atom. The highest BCUT2D eigenvalue weighted by atomic mass is 16.5. The second-order valence-electron chi connectivity index (χ2n) is 6.66. The van der Waals surface area contributed by atoms with Crippen molar-refractivity contribution >= 4 is 17.5 Å². The summed E-state index contributed by atoms with van der Waals surface area (Å²) in [6.45, 7) is 0.102. The summed E-state index contributed by atoms with van der Waals surface area (Å²) in [6, 6.07) is 19.5. The highest BCUT2D eigenvalue weighted by Crippen LogP contribution is 2.22. The van der Waals surface area contributed by atoms with Crippen LogP contribution in [-0.4, -0.2) is 32.5 Å². The van der Waals surface area contributed by atoms with E-state index in [1.165, 1.54) is 0 Å². The summed E-state index contributed by atoms with van der Waals surface area (Å²) in [6.07, 6.45) is 5.52. The quantitative estimate of drug-likeness (QED) is 0.419. The number of carbonyl (C=O) groups excluding carboxylic acids is 1. The van der Waals surface area contributed by atoms with E-state index in [1.807, 2.05) is 24.3 Å². The summed E-state index contributed by atoms with van der Waals surface area (Å²) in [5.74, 6) is 1.87. The Hall–Kier alpha value is -4.17. The number of pyridine rings is 1. The SMILES string of the molecule is O=C(Nc1ccc(Oc2ccncc2)cc1)Nc1ccnn1-c1ccc(CCO)cc1. The summed E-state index contributed by atoms with van der Waals surface area (Å²) in [4.78, 5) is 16.4. The topological polar surface area (TPSA) is 101 Å². The second kappa shape index (κ2) is 9.55. The smallest absolute Gasteiger partial charge is 0.324 e. The Kier molecular flexibility index (Phi) is 6.20. The first-order valence-electron chi connectivity index (χ1n) is 9.71.